The van der Waals surface area contributed by atoms with Crippen molar-refractivity contribution in [1.29, 1.82) is 0 Å². The first kappa shape index (κ1) is 14.4. The van der Waals surface area contributed by atoms with Gasteiger partial charge in [-0.15, -0.1) is 0 Å². The molecule has 1 heterocycles. The molecule has 0 atom stereocenters. The predicted molar refractivity (Wildman–Crippen MR) is 89.8 cm³/mol. The summed E-state index contributed by atoms with van der Waals surface area (Å²) in [6.45, 7) is 1.75. The van der Waals surface area contributed by atoms with Gasteiger partial charge in [0, 0.05) is 10.4 Å². The largest absolute Gasteiger partial charge is 0.422 e. The summed E-state index contributed by atoms with van der Waals surface area (Å²) in [4.78, 5) is 12.1. The SMILES string of the molecule is CC(=NNc1ccccc1)c1cc2cc(Cl)ccc2oc1=O. The van der Waals surface area contributed by atoms with Crippen LogP contribution in [0.5, 0.6) is 0 Å². The van der Waals surface area contributed by atoms with Crippen molar-refractivity contribution in [3.05, 3.63) is 75.6 Å². The molecule has 0 aliphatic carbocycles. The van der Waals surface area contributed by atoms with E-state index in [2.05, 4.69) is 10.5 Å². The molecule has 1 N–H and O–H groups in total. The minimum atomic E-state index is -0.425. The van der Waals surface area contributed by atoms with Gasteiger partial charge in [0.1, 0.15) is 5.58 Å². The molecule has 0 radical (unpaired) electrons. The number of hydrazone groups is 1. The summed E-state index contributed by atoms with van der Waals surface area (Å²) in [7, 11) is 0. The Labute approximate surface area is 132 Å². The monoisotopic (exact) mass is 312 g/mol. The lowest BCUT2D eigenvalue weighted by molar-refractivity contribution is 0.559. The van der Waals surface area contributed by atoms with Crippen LogP contribution < -0.4 is 11.1 Å². The molecule has 0 saturated heterocycles. The molecule has 4 nitrogen and oxygen atoms in total. The van der Waals surface area contributed by atoms with Gasteiger partial charge < -0.3 is 4.42 Å². The van der Waals surface area contributed by atoms with Crippen LogP contribution in [0.4, 0.5) is 5.69 Å². The highest BCUT2D eigenvalue weighted by Gasteiger charge is 2.08. The summed E-state index contributed by atoms with van der Waals surface area (Å²) in [5.41, 5.74) is 4.77. The van der Waals surface area contributed by atoms with E-state index in [0.717, 1.165) is 11.1 Å². The number of benzene rings is 2. The average Bonchev–Trinajstić information content (AvgIpc) is 2.53. The number of halogens is 1. The molecule has 0 spiro atoms. The first-order valence-electron chi connectivity index (χ1n) is 6.72. The molecular formula is C17H13ClN2O2. The van der Waals surface area contributed by atoms with Crippen LogP contribution >= 0.6 is 11.6 Å². The Balaban J connectivity index is 1.98. The van der Waals surface area contributed by atoms with Gasteiger partial charge in [0.15, 0.2) is 0 Å². The highest BCUT2D eigenvalue weighted by Crippen LogP contribution is 2.19. The van der Waals surface area contributed by atoms with Crippen molar-refractivity contribution in [2.24, 2.45) is 5.10 Å². The number of nitrogens with one attached hydrogen (secondary N) is 1. The third kappa shape index (κ3) is 3.02. The normalized spacial score (nSPS) is 11.6. The number of nitrogens with zero attached hydrogens (tertiary/aromatic N) is 1. The third-order valence-electron chi connectivity index (χ3n) is 3.21. The van der Waals surface area contributed by atoms with E-state index in [1.54, 1.807) is 31.2 Å². The van der Waals surface area contributed by atoms with Crippen LogP contribution in [0.2, 0.25) is 5.02 Å². The smallest absolute Gasteiger partial charge is 0.345 e. The maximum Gasteiger partial charge on any atom is 0.345 e. The molecule has 3 rings (SSSR count). The van der Waals surface area contributed by atoms with Gasteiger partial charge in [0.2, 0.25) is 0 Å². The van der Waals surface area contributed by atoms with E-state index >= 15 is 0 Å². The van der Waals surface area contributed by atoms with Crippen LogP contribution in [0.15, 0.2) is 68.9 Å². The molecule has 110 valence electrons. The predicted octanol–water partition coefficient (Wildman–Crippen LogP) is 4.28. The van der Waals surface area contributed by atoms with Crippen molar-refractivity contribution >= 4 is 34.0 Å². The van der Waals surface area contributed by atoms with E-state index in [1.165, 1.54) is 0 Å². The Bertz CT molecular complexity index is 901. The van der Waals surface area contributed by atoms with E-state index in [1.807, 2.05) is 30.3 Å². The maximum atomic E-state index is 12.1. The van der Waals surface area contributed by atoms with Crippen molar-refractivity contribution in [3.8, 4) is 0 Å². The molecule has 0 unspecified atom stereocenters. The number of hydrogen-bond donors (Lipinski definition) is 1. The van der Waals surface area contributed by atoms with E-state index in [4.69, 9.17) is 16.0 Å². The second-order valence-corrected chi connectivity index (χ2v) is 5.24. The molecule has 3 aromatic rings. The zero-order valence-corrected chi connectivity index (χ0v) is 12.6. The zero-order valence-electron chi connectivity index (χ0n) is 11.8. The van der Waals surface area contributed by atoms with Crippen LogP contribution in [0.1, 0.15) is 12.5 Å². The Morgan fingerprint density at radius 3 is 2.68 bits per heavy atom. The van der Waals surface area contributed by atoms with E-state index in [0.29, 0.717) is 21.9 Å². The molecular weight excluding hydrogens is 300 g/mol. The van der Waals surface area contributed by atoms with Crippen LogP contribution in [0.25, 0.3) is 11.0 Å². The fourth-order valence-corrected chi connectivity index (χ4v) is 2.25. The summed E-state index contributed by atoms with van der Waals surface area (Å²) in [6, 6.07) is 16.4. The topological polar surface area (TPSA) is 54.6 Å². The quantitative estimate of drug-likeness (QED) is 0.446. The maximum absolute atomic E-state index is 12.1. The number of anilines is 1. The van der Waals surface area contributed by atoms with Gasteiger partial charge in [0.05, 0.1) is 17.0 Å². The number of para-hydroxylation sites is 1. The van der Waals surface area contributed by atoms with E-state index in [9.17, 15) is 4.79 Å². The lowest BCUT2D eigenvalue weighted by Gasteiger charge is -2.04. The van der Waals surface area contributed by atoms with Gasteiger partial charge in [-0.3, -0.25) is 5.43 Å². The molecule has 0 aliphatic heterocycles. The zero-order chi connectivity index (χ0) is 15.5. The van der Waals surface area contributed by atoms with Crippen LogP contribution in [0, 0.1) is 0 Å². The second kappa shape index (κ2) is 6.03. The lowest BCUT2D eigenvalue weighted by atomic mass is 10.1. The summed E-state index contributed by atoms with van der Waals surface area (Å²) in [5, 5.41) is 5.58. The Morgan fingerprint density at radius 2 is 1.91 bits per heavy atom. The number of fused-ring (bicyclic) bond motifs is 1. The summed E-state index contributed by atoms with van der Waals surface area (Å²) in [6.07, 6.45) is 0. The molecule has 0 saturated carbocycles. The van der Waals surface area contributed by atoms with Crippen LogP contribution in [0.3, 0.4) is 0 Å². The average molecular weight is 313 g/mol. The van der Waals surface area contributed by atoms with Gasteiger partial charge in [-0.1, -0.05) is 29.8 Å². The van der Waals surface area contributed by atoms with Crippen molar-refractivity contribution in [1.82, 2.24) is 0 Å². The standard InChI is InChI=1S/C17H13ClN2O2/c1-11(19-20-14-5-3-2-4-6-14)15-10-12-9-13(18)7-8-16(12)22-17(15)21/h2-10,20H,1H3. The van der Waals surface area contributed by atoms with Crippen LogP contribution in [-0.4, -0.2) is 5.71 Å². The Hall–Kier alpha value is -2.59. The summed E-state index contributed by atoms with van der Waals surface area (Å²) >= 11 is 5.97. The van der Waals surface area contributed by atoms with Crippen molar-refractivity contribution in [2.45, 2.75) is 6.92 Å². The Kier molecular flexibility index (Phi) is 3.94. The molecule has 5 heteroatoms. The molecule has 1 aromatic heterocycles. The van der Waals surface area contributed by atoms with Crippen molar-refractivity contribution < 1.29 is 4.42 Å². The molecule has 0 fully saturated rings. The summed E-state index contributed by atoms with van der Waals surface area (Å²) < 4.78 is 5.30. The van der Waals surface area contributed by atoms with Crippen molar-refractivity contribution in [3.63, 3.8) is 0 Å². The van der Waals surface area contributed by atoms with Gasteiger partial charge in [-0.25, -0.2) is 4.79 Å². The van der Waals surface area contributed by atoms with Gasteiger partial charge in [-0.05, 0) is 43.3 Å². The molecule has 0 bridgehead atoms. The molecule has 0 amide bonds. The third-order valence-corrected chi connectivity index (χ3v) is 3.45. The number of rotatable bonds is 3. The summed E-state index contributed by atoms with van der Waals surface area (Å²) in [5.74, 6) is 0. The molecule has 2 aromatic carbocycles. The van der Waals surface area contributed by atoms with Gasteiger partial charge in [0.25, 0.3) is 0 Å². The molecule has 22 heavy (non-hydrogen) atoms. The van der Waals surface area contributed by atoms with E-state index < -0.39 is 5.63 Å². The highest BCUT2D eigenvalue weighted by molar-refractivity contribution is 6.31. The van der Waals surface area contributed by atoms with Gasteiger partial charge >= 0.3 is 5.63 Å². The van der Waals surface area contributed by atoms with Crippen LogP contribution in [-0.2, 0) is 0 Å². The van der Waals surface area contributed by atoms with Crippen molar-refractivity contribution in [2.75, 3.05) is 5.43 Å². The van der Waals surface area contributed by atoms with E-state index in [-0.39, 0.29) is 0 Å². The fourth-order valence-electron chi connectivity index (χ4n) is 2.07. The fraction of sp³-hybridized carbons (Fsp3) is 0.0588. The molecule has 0 aliphatic rings. The highest BCUT2D eigenvalue weighted by atomic mass is 35.5. The lowest BCUT2D eigenvalue weighted by Crippen LogP contribution is -2.13. The van der Waals surface area contributed by atoms with Gasteiger partial charge in [-0.2, -0.15) is 5.10 Å². The Morgan fingerprint density at radius 1 is 1.14 bits per heavy atom. The minimum absolute atomic E-state index is 0.401. The minimum Gasteiger partial charge on any atom is -0.422 e. The first-order chi connectivity index (χ1) is 10.6. The second-order valence-electron chi connectivity index (χ2n) is 4.80. The number of hydrogen-bond acceptors (Lipinski definition) is 4. The first-order valence-corrected chi connectivity index (χ1v) is 7.10.